The average molecular weight is 284 g/mol. The highest BCUT2D eigenvalue weighted by atomic mass is 19.3. The van der Waals surface area contributed by atoms with Gasteiger partial charge in [-0.25, -0.2) is 13.8 Å². The van der Waals surface area contributed by atoms with Gasteiger partial charge >= 0.3 is 0 Å². The van der Waals surface area contributed by atoms with Gasteiger partial charge in [-0.2, -0.15) is 5.10 Å². The van der Waals surface area contributed by atoms with Gasteiger partial charge in [0.15, 0.2) is 0 Å². The zero-order valence-electron chi connectivity index (χ0n) is 11.1. The highest BCUT2D eigenvalue weighted by Crippen LogP contribution is 2.23. The van der Waals surface area contributed by atoms with Crippen LogP contribution in [-0.4, -0.2) is 53.4 Å². The van der Waals surface area contributed by atoms with E-state index in [0.717, 1.165) is 12.8 Å². The summed E-state index contributed by atoms with van der Waals surface area (Å²) in [5, 5.41) is 14.4. The van der Waals surface area contributed by atoms with Crippen LogP contribution in [-0.2, 0) is 0 Å². The molecule has 0 aliphatic carbocycles. The molecule has 1 saturated heterocycles. The Hall–Kier alpha value is -1.83. The molecule has 0 unspecified atom stereocenters. The molecule has 2 rings (SSSR count). The van der Waals surface area contributed by atoms with E-state index in [1.54, 1.807) is 17.3 Å². The maximum atomic E-state index is 12.3. The summed E-state index contributed by atoms with van der Waals surface area (Å²) in [6.45, 7) is 4.41. The fourth-order valence-electron chi connectivity index (χ4n) is 2.34. The molecular formula is C12H18F2N6. The highest BCUT2D eigenvalue weighted by molar-refractivity contribution is 5.93. The Kier molecular flexibility index (Phi) is 4.78. The van der Waals surface area contributed by atoms with Crippen molar-refractivity contribution in [3.63, 3.8) is 0 Å². The van der Waals surface area contributed by atoms with E-state index in [9.17, 15) is 8.78 Å². The SMILES string of the molecule is C=NC(=N)Nc1cnn(C2CCN(CC(F)F)CC2)c1. The molecule has 110 valence electrons. The second-order valence-electron chi connectivity index (χ2n) is 4.76. The van der Waals surface area contributed by atoms with Gasteiger partial charge in [-0.05, 0) is 19.6 Å². The molecule has 1 aliphatic rings. The minimum atomic E-state index is -2.27. The smallest absolute Gasteiger partial charge is 0.251 e. The average Bonchev–Trinajstić information content (AvgIpc) is 2.87. The van der Waals surface area contributed by atoms with Gasteiger partial charge in [-0.3, -0.25) is 15.0 Å². The first-order valence-corrected chi connectivity index (χ1v) is 6.45. The maximum Gasteiger partial charge on any atom is 0.251 e. The zero-order chi connectivity index (χ0) is 14.5. The first-order chi connectivity index (χ1) is 9.58. The summed E-state index contributed by atoms with van der Waals surface area (Å²) in [5.41, 5.74) is 0.678. The molecule has 0 bridgehead atoms. The lowest BCUT2D eigenvalue weighted by Gasteiger charge is -2.31. The van der Waals surface area contributed by atoms with Gasteiger partial charge in [0.2, 0.25) is 5.96 Å². The third kappa shape index (κ3) is 3.83. The number of hydrogen-bond acceptors (Lipinski definition) is 3. The molecular weight excluding hydrogens is 266 g/mol. The molecule has 0 spiro atoms. The number of aliphatic imine (C=N–C) groups is 1. The van der Waals surface area contributed by atoms with Gasteiger partial charge in [-0.15, -0.1) is 0 Å². The van der Waals surface area contributed by atoms with Gasteiger partial charge in [-0.1, -0.05) is 0 Å². The molecule has 1 aliphatic heterocycles. The van der Waals surface area contributed by atoms with Gasteiger partial charge in [0, 0.05) is 19.3 Å². The van der Waals surface area contributed by atoms with E-state index in [2.05, 4.69) is 22.1 Å². The summed E-state index contributed by atoms with van der Waals surface area (Å²) in [7, 11) is 0. The predicted molar refractivity (Wildman–Crippen MR) is 73.8 cm³/mol. The molecule has 2 heterocycles. The monoisotopic (exact) mass is 284 g/mol. The first-order valence-electron chi connectivity index (χ1n) is 6.45. The minimum absolute atomic E-state index is 0.0312. The standard InChI is InChI=1S/C12H18F2N6/c1-16-12(15)18-9-6-17-20(7-9)10-2-4-19(5-3-10)8-11(13)14/h6-7,10-11H,1-5,8H2,(H2,15,18). The van der Waals surface area contributed by atoms with E-state index in [1.165, 1.54) is 0 Å². The number of nitrogens with one attached hydrogen (secondary N) is 2. The Morgan fingerprint density at radius 2 is 2.25 bits per heavy atom. The van der Waals surface area contributed by atoms with E-state index in [1.807, 2.05) is 4.68 Å². The van der Waals surface area contributed by atoms with E-state index in [4.69, 9.17) is 5.41 Å². The van der Waals surface area contributed by atoms with Gasteiger partial charge < -0.3 is 5.32 Å². The van der Waals surface area contributed by atoms with Crippen LogP contribution in [0.25, 0.3) is 0 Å². The van der Waals surface area contributed by atoms with Crippen LogP contribution in [0.15, 0.2) is 17.4 Å². The van der Waals surface area contributed by atoms with Crippen LogP contribution in [0.4, 0.5) is 14.5 Å². The van der Waals surface area contributed by atoms with Crippen molar-refractivity contribution in [2.75, 3.05) is 25.0 Å². The summed E-state index contributed by atoms with van der Waals surface area (Å²) in [6.07, 6.45) is 2.73. The summed E-state index contributed by atoms with van der Waals surface area (Å²) >= 11 is 0. The first kappa shape index (κ1) is 14.6. The Morgan fingerprint density at radius 3 is 2.85 bits per heavy atom. The summed E-state index contributed by atoms with van der Waals surface area (Å²) < 4.78 is 26.4. The molecule has 20 heavy (non-hydrogen) atoms. The van der Waals surface area contributed by atoms with Crippen molar-refractivity contribution in [2.24, 2.45) is 4.99 Å². The van der Waals surface area contributed by atoms with Crippen LogP contribution in [0.3, 0.4) is 0 Å². The largest absolute Gasteiger partial charge is 0.322 e. The van der Waals surface area contributed by atoms with Gasteiger partial charge in [0.25, 0.3) is 6.43 Å². The topological polar surface area (TPSA) is 69.3 Å². The number of rotatable bonds is 4. The van der Waals surface area contributed by atoms with Crippen molar-refractivity contribution in [3.05, 3.63) is 12.4 Å². The molecule has 8 heteroatoms. The maximum absolute atomic E-state index is 12.3. The lowest BCUT2D eigenvalue weighted by molar-refractivity contribution is 0.0690. The molecule has 0 amide bonds. The van der Waals surface area contributed by atoms with Crippen LogP contribution in [0.2, 0.25) is 0 Å². The summed E-state index contributed by atoms with van der Waals surface area (Å²) in [6, 6.07) is 0.213. The number of likely N-dealkylation sites (tertiary alicyclic amines) is 1. The van der Waals surface area contributed by atoms with E-state index in [-0.39, 0.29) is 18.5 Å². The number of alkyl halides is 2. The Labute approximate surface area is 116 Å². The second-order valence-corrected chi connectivity index (χ2v) is 4.76. The number of aromatic nitrogens is 2. The van der Waals surface area contributed by atoms with Crippen LogP contribution in [0.5, 0.6) is 0 Å². The molecule has 0 saturated carbocycles. The van der Waals surface area contributed by atoms with Crippen molar-refractivity contribution >= 4 is 18.4 Å². The fraction of sp³-hybridized carbons (Fsp3) is 0.583. The normalized spacial score (nSPS) is 17.4. The van der Waals surface area contributed by atoms with Crippen LogP contribution < -0.4 is 5.32 Å². The molecule has 1 fully saturated rings. The lowest BCUT2D eigenvalue weighted by atomic mass is 10.1. The molecule has 0 aromatic carbocycles. The lowest BCUT2D eigenvalue weighted by Crippen LogP contribution is -2.37. The number of nitrogens with zero attached hydrogens (tertiary/aromatic N) is 4. The second kappa shape index (κ2) is 6.56. The van der Waals surface area contributed by atoms with Crippen molar-refractivity contribution in [1.82, 2.24) is 14.7 Å². The molecule has 2 N–H and O–H groups in total. The molecule has 1 aromatic heterocycles. The van der Waals surface area contributed by atoms with Crippen molar-refractivity contribution in [2.45, 2.75) is 25.3 Å². The number of halogens is 2. The van der Waals surface area contributed by atoms with Crippen LogP contribution in [0.1, 0.15) is 18.9 Å². The number of guanidine groups is 1. The van der Waals surface area contributed by atoms with E-state index < -0.39 is 6.43 Å². The van der Waals surface area contributed by atoms with Gasteiger partial charge in [0.05, 0.1) is 24.5 Å². The Balaban J connectivity index is 1.87. The summed E-state index contributed by atoms with van der Waals surface area (Å²) in [5.74, 6) is -0.0312. The molecule has 1 aromatic rings. The molecule has 0 radical (unpaired) electrons. The number of anilines is 1. The third-order valence-electron chi connectivity index (χ3n) is 3.35. The van der Waals surface area contributed by atoms with Crippen molar-refractivity contribution < 1.29 is 8.78 Å². The van der Waals surface area contributed by atoms with E-state index >= 15 is 0 Å². The Bertz CT molecular complexity index is 464. The van der Waals surface area contributed by atoms with E-state index in [0.29, 0.717) is 18.8 Å². The van der Waals surface area contributed by atoms with Gasteiger partial charge in [0.1, 0.15) is 0 Å². The van der Waals surface area contributed by atoms with Crippen molar-refractivity contribution in [1.29, 1.82) is 5.41 Å². The minimum Gasteiger partial charge on any atom is -0.322 e. The fourth-order valence-corrected chi connectivity index (χ4v) is 2.34. The predicted octanol–water partition coefficient (Wildman–Crippen LogP) is 1.83. The zero-order valence-corrected chi connectivity index (χ0v) is 11.1. The molecule has 6 nitrogen and oxygen atoms in total. The Morgan fingerprint density at radius 1 is 1.55 bits per heavy atom. The number of hydrogen-bond donors (Lipinski definition) is 2. The number of piperidine rings is 1. The quantitative estimate of drug-likeness (QED) is 0.654. The van der Waals surface area contributed by atoms with Crippen LogP contribution in [0, 0.1) is 5.41 Å². The van der Waals surface area contributed by atoms with Crippen LogP contribution >= 0.6 is 0 Å². The highest BCUT2D eigenvalue weighted by Gasteiger charge is 2.22. The van der Waals surface area contributed by atoms with Crippen molar-refractivity contribution in [3.8, 4) is 0 Å². The molecule has 0 atom stereocenters. The summed E-state index contributed by atoms with van der Waals surface area (Å²) in [4.78, 5) is 5.23. The third-order valence-corrected chi connectivity index (χ3v) is 3.35.